The molecule has 0 aromatic carbocycles. The molecule has 0 fully saturated rings. The van der Waals surface area contributed by atoms with Crippen LogP contribution in [0.15, 0.2) is 0 Å². The zero-order chi connectivity index (χ0) is 31.9. The second kappa shape index (κ2) is 19.3. The van der Waals surface area contributed by atoms with Crippen molar-refractivity contribution in [2.45, 2.75) is 69.1 Å². The number of carboxylic acid groups (broad SMARTS) is 2. The predicted octanol–water partition coefficient (Wildman–Crippen LogP) is -5.05. The lowest BCUT2D eigenvalue weighted by molar-refractivity contribution is -0.143. The van der Waals surface area contributed by atoms with E-state index in [0.29, 0.717) is 0 Å². The minimum absolute atomic E-state index is 0.0225. The standard InChI is InChI=1S/C23H40N4O13S/c1-10(2-3-17(32)25-7-15(30)19(35)20(36)16(31)8-28)21(37)26-6-12(24)22(38)27-13(5-18(33)34)14(29)4-11(9-41)23(39)40/h10-13,15-16,19-20,28,30-31,35-36,41H,2-9,24H2,1H3,(H,25,32)(H,26,37)(H,27,38)(H,33,34)(H,39,40)/t10-,11-,12-,13-,15-,16+,19+,20+/m0/s1. The van der Waals surface area contributed by atoms with E-state index in [9.17, 15) is 49.2 Å². The van der Waals surface area contributed by atoms with Crippen LogP contribution < -0.4 is 21.7 Å². The summed E-state index contributed by atoms with van der Waals surface area (Å²) < 4.78 is 0. The largest absolute Gasteiger partial charge is 0.481 e. The predicted molar refractivity (Wildman–Crippen MR) is 142 cm³/mol. The lowest BCUT2D eigenvalue weighted by Crippen LogP contribution is -2.53. The highest BCUT2D eigenvalue weighted by molar-refractivity contribution is 7.80. The molecule has 41 heavy (non-hydrogen) atoms. The molecule has 0 unspecified atom stereocenters. The van der Waals surface area contributed by atoms with Crippen molar-refractivity contribution >= 4 is 48.1 Å². The normalized spacial score (nSPS) is 17.1. The zero-order valence-electron chi connectivity index (χ0n) is 22.4. The van der Waals surface area contributed by atoms with Gasteiger partial charge in [-0.15, -0.1) is 0 Å². The maximum atomic E-state index is 12.4. The summed E-state index contributed by atoms with van der Waals surface area (Å²) in [5, 5.41) is 72.1. The van der Waals surface area contributed by atoms with Crippen LogP contribution in [0, 0.1) is 11.8 Å². The smallest absolute Gasteiger partial charge is 0.307 e. The van der Waals surface area contributed by atoms with Gasteiger partial charge in [0.05, 0.1) is 31.1 Å². The summed E-state index contributed by atoms with van der Waals surface area (Å²) in [6, 6.07) is -2.95. The maximum absolute atomic E-state index is 12.4. The molecule has 0 aliphatic heterocycles. The van der Waals surface area contributed by atoms with Crippen LogP contribution in [0.4, 0.5) is 0 Å². The number of carboxylic acids is 2. The van der Waals surface area contributed by atoms with Gasteiger partial charge in [-0.1, -0.05) is 6.92 Å². The van der Waals surface area contributed by atoms with Gasteiger partial charge in [-0.2, -0.15) is 12.6 Å². The molecule has 236 valence electrons. The van der Waals surface area contributed by atoms with Crippen molar-refractivity contribution in [3.8, 4) is 0 Å². The molecule has 0 radical (unpaired) electrons. The second-order valence-corrected chi connectivity index (χ2v) is 9.81. The molecule has 0 aromatic rings. The number of carbonyl (C=O) groups excluding carboxylic acids is 4. The van der Waals surface area contributed by atoms with E-state index in [4.69, 9.17) is 21.1 Å². The van der Waals surface area contributed by atoms with Crippen LogP contribution >= 0.6 is 12.6 Å². The Bertz CT molecular complexity index is 909. The lowest BCUT2D eigenvalue weighted by Gasteiger charge is -2.25. The van der Waals surface area contributed by atoms with Gasteiger partial charge in [-0.25, -0.2) is 0 Å². The first-order chi connectivity index (χ1) is 19.0. The first-order valence-electron chi connectivity index (χ1n) is 12.6. The zero-order valence-corrected chi connectivity index (χ0v) is 23.3. The summed E-state index contributed by atoms with van der Waals surface area (Å²) >= 11 is 3.84. The number of rotatable bonds is 21. The number of aliphatic carboxylic acids is 2. The average molecular weight is 613 g/mol. The van der Waals surface area contributed by atoms with Crippen molar-refractivity contribution in [3.05, 3.63) is 0 Å². The van der Waals surface area contributed by atoms with E-state index in [1.54, 1.807) is 0 Å². The summed E-state index contributed by atoms with van der Waals surface area (Å²) in [6.45, 7) is -0.281. The second-order valence-electron chi connectivity index (χ2n) is 9.44. The topological polar surface area (TPSA) is 306 Å². The van der Waals surface area contributed by atoms with E-state index < -0.39 is 116 Å². The van der Waals surface area contributed by atoms with Crippen LogP contribution in [0.1, 0.15) is 32.6 Å². The Kier molecular flexibility index (Phi) is 17.9. The maximum Gasteiger partial charge on any atom is 0.307 e. The molecular formula is C23H40N4O13S. The number of hydrogen-bond acceptors (Lipinski definition) is 13. The lowest BCUT2D eigenvalue weighted by atomic mass is 9.98. The van der Waals surface area contributed by atoms with Crippen molar-refractivity contribution in [2.75, 3.05) is 25.4 Å². The Labute approximate surface area is 240 Å². The van der Waals surface area contributed by atoms with Gasteiger partial charge in [0, 0.05) is 37.6 Å². The van der Waals surface area contributed by atoms with Gasteiger partial charge in [-0.05, 0) is 6.42 Å². The van der Waals surface area contributed by atoms with Crippen molar-refractivity contribution < 1.29 is 64.5 Å². The van der Waals surface area contributed by atoms with Crippen molar-refractivity contribution in [1.29, 1.82) is 0 Å². The third-order valence-corrected chi connectivity index (χ3v) is 6.46. The highest BCUT2D eigenvalue weighted by atomic mass is 32.1. The molecule has 0 rings (SSSR count). The molecule has 0 saturated heterocycles. The summed E-state index contributed by atoms with van der Waals surface area (Å²) in [7, 11) is 0. The SMILES string of the molecule is C[C@@H](CCC(=O)NC[C@H](O)[C@@H](O)[C@H](O)[C@H](O)CO)C(=O)NC[C@H](N)C(=O)N[C@@H](CC(=O)O)C(=O)C[C@@H](CS)C(=O)O. The molecule has 0 aliphatic rings. The van der Waals surface area contributed by atoms with Gasteiger partial charge < -0.3 is 57.4 Å². The van der Waals surface area contributed by atoms with Crippen LogP contribution in [0.2, 0.25) is 0 Å². The number of carbonyl (C=O) groups is 6. The molecule has 0 saturated carbocycles. The van der Waals surface area contributed by atoms with Crippen molar-refractivity contribution in [2.24, 2.45) is 17.6 Å². The van der Waals surface area contributed by atoms with Crippen LogP contribution in [0.3, 0.4) is 0 Å². The third-order valence-electron chi connectivity index (χ3n) is 6.02. The molecule has 0 bridgehead atoms. The van der Waals surface area contributed by atoms with E-state index in [1.807, 2.05) is 0 Å². The summed E-state index contributed by atoms with van der Waals surface area (Å²) in [5.41, 5.74) is 5.74. The fraction of sp³-hybridized carbons (Fsp3) is 0.739. The number of thiol groups is 1. The fourth-order valence-electron chi connectivity index (χ4n) is 3.26. The van der Waals surface area contributed by atoms with E-state index in [0.717, 1.165) is 0 Å². The molecule has 3 amide bonds. The molecule has 0 spiro atoms. The first-order valence-corrected chi connectivity index (χ1v) is 13.2. The molecule has 8 atom stereocenters. The highest BCUT2D eigenvalue weighted by Crippen LogP contribution is 2.11. The molecule has 17 nitrogen and oxygen atoms in total. The van der Waals surface area contributed by atoms with Gasteiger partial charge in [0.2, 0.25) is 17.7 Å². The van der Waals surface area contributed by atoms with Crippen LogP contribution in [-0.4, -0.2) is 133 Å². The van der Waals surface area contributed by atoms with E-state index in [2.05, 4.69) is 28.6 Å². The first kappa shape index (κ1) is 38.1. The number of nitrogens with one attached hydrogen (secondary N) is 3. The average Bonchev–Trinajstić information content (AvgIpc) is 2.93. The van der Waals surface area contributed by atoms with Crippen molar-refractivity contribution in [3.63, 3.8) is 0 Å². The molecule has 0 aliphatic carbocycles. The van der Waals surface area contributed by atoms with Crippen molar-refractivity contribution in [1.82, 2.24) is 16.0 Å². The minimum atomic E-state index is -1.85. The number of amides is 3. The number of nitrogens with two attached hydrogens (primary N) is 1. The van der Waals surface area contributed by atoms with E-state index >= 15 is 0 Å². The van der Waals surface area contributed by atoms with Gasteiger partial charge in [0.1, 0.15) is 24.4 Å². The molecule has 12 N–H and O–H groups in total. The highest BCUT2D eigenvalue weighted by Gasteiger charge is 2.31. The van der Waals surface area contributed by atoms with Gasteiger partial charge in [-0.3, -0.25) is 28.8 Å². The van der Waals surface area contributed by atoms with Gasteiger partial charge >= 0.3 is 11.9 Å². The number of hydrogen-bond donors (Lipinski definition) is 12. The molecular weight excluding hydrogens is 572 g/mol. The quantitative estimate of drug-likeness (QED) is 0.0540. The number of Topliss-reactive ketones (excluding diaryl/α,β-unsaturated/α-hetero) is 1. The van der Waals surface area contributed by atoms with Gasteiger partial charge in [0.15, 0.2) is 5.78 Å². The number of ketones is 1. The molecule has 0 aromatic heterocycles. The Hall–Kier alpha value is -2.87. The minimum Gasteiger partial charge on any atom is -0.481 e. The Morgan fingerprint density at radius 3 is 1.95 bits per heavy atom. The Morgan fingerprint density at radius 2 is 1.44 bits per heavy atom. The monoisotopic (exact) mass is 612 g/mol. The van der Waals surface area contributed by atoms with E-state index in [-0.39, 0.29) is 18.6 Å². The fourth-order valence-corrected chi connectivity index (χ4v) is 3.55. The number of aliphatic hydroxyl groups excluding tert-OH is 5. The van der Waals surface area contributed by atoms with Crippen LogP contribution in [-0.2, 0) is 28.8 Å². The molecule has 0 heterocycles. The van der Waals surface area contributed by atoms with Crippen LogP contribution in [0.5, 0.6) is 0 Å². The third kappa shape index (κ3) is 14.5. The number of aliphatic hydroxyl groups is 5. The summed E-state index contributed by atoms with van der Waals surface area (Å²) in [5.74, 6) is -7.87. The van der Waals surface area contributed by atoms with E-state index in [1.165, 1.54) is 6.92 Å². The van der Waals surface area contributed by atoms with Gasteiger partial charge in [0.25, 0.3) is 0 Å². The summed E-state index contributed by atoms with van der Waals surface area (Å²) in [6.07, 6.45) is -8.60. The molecule has 18 heteroatoms. The van der Waals surface area contributed by atoms with Crippen LogP contribution in [0.25, 0.3) is 0 Å². The Morgan fingerprint density at radius 1 is 0.854 bits per heavy atom. The summed E-state index contributed by atoms with van der Waals surface area (Å²) in [4.78, 5) is 71.4. The Balaban J connectivity index is 4.71.